The molecule has 0 bridgehead atoms. The Kier molecular flexibility index (Phi) is 3.70. The van der Waals surface area contributed by atoms with E-state index in [0.29, 0.717) is 6.54 Å². The molecule has 1 aliphatic heterocycles. The summed E-state index contributed by atoms with van der Waals surface area (Å²) in [6.45, 7) is 1.46. The second kappa shape index (κ2) is 5.65. The maximum Gasteiger partial charge on any atom is 0.234 e. The molecule has 1 saturated heterocycles. The number of primary amides is 1. The fourth-order valence-corrected chi connectivity index (χ4v) is 2.85. The van der Waals surface area contributed by atoms with E-state index in [1.807, 2.05) is 0 Å². The number of aromatic amines is 1. The zero-order chi connectivity index (χ0) is 14.8. The Bertz CT molecular complexity index is 637. The molecule has 3 N–H and O–H groups in total. The summed E-state index contributed by atoms with van der Waals surface area (Å²) in [7, 11) is 0. The van der Waals surface area contributed by atoms with Crippen molar-refractivity contribution in [1.29, 1.82) is 0 Å². The van der Waals surface area contributed by atoms with Gasteiger partial charge in [-0.15, -0.1) is 0 Å². The molecule has 2 aromatic rings. The van der Waals surface area contributed by atoms with Gasteiger partial charge in [0.1, 0.15) is 5.82 Å². The largest absolute Gasteiger partial charge is 0.368 e. The minimum atomic E-state index is -0.278. The molecule has 1 amide bonds. The summed E-state index contributed by atoms with van der Waals surface area (Å²) in [5.74, 6) is -0.549. The van der Waals surface area contributed by atoms with Crippen molar-refractivity contribution >= 4 is 5.91 Å². The van der Waals surface area contributed by atoms with Crippen molar-refractivity contribution in [1.82, 2.24) is 15.1 Å². The molecule has 0 radical (unpaired) electrons. The van der Waals surface area contributed by atoms with Gasteiger partial charge >= 0.3 is 0 Å². The van der Waals surface area contributed by atoms with Crippen LogP contribution in [0.25, 0.3) is 11.3 Å². The Hall–Kier alpha value is -2.21. The number of aromatic nitrogens is 2. The Labute approximate surface area is 121 Å². The van der Waals surface area contributed by atoms with Crippen molar-refractivity contribution in [2.45, 2.75) is 25.4 Å². The summed E-state index contributed by atoms with van der Waals surface area (Å²) in [5.41, 5.74) is 8.14. The predicted molar refractivity (Wildman–Crippen MR) is 76.6 cm³/mol. The minimum absolute atomic E-state index is 0.207. The number of hydrogen-bond donors (Lipinski definition) is 2. The summed E-state index contributed by atoms with van der Waals surface area (Å²) >= 11 is 0. The molecule has 3 rings (SSSR count). The molecule has 21 heavy (non-hydrogen) atoms. The molecule has 0 unspecified atom stereocenters. The van der Waals surface area contributed by atoms with Crippen molar-refractivity contribution in [2.24, 2.45) is 5.73 Å². The third kappa shape index (κ3) is 2.80. The molecule has 1 aromatic carbocycles. The smallest absolute Gasteiger partial charge is 0.234 e. The lowest BCUT2D eigenvalue weighted by Gasteiger charge is -2.21. The summed E-state index contributed by atoms with van der Waals surface area (Å²) in [6.07, 6.45) is 3.52. The SMILES string of the molecule is NC(=O)[C@@H]1CCCN1Cc1cn[nH]c1-c1ccc(F)cc1. The lowest BCUT2D eigenvalue weighted by atomic mass is 10.1. The Morgan fingerprint density at radius 2 is 2.19 bits per heavy atom. The van der Waals surface area contributed by atoms with Gasteiger partial charge < -0.3 is 5.73 Å². The van der Waals surface area contributed by atoms with E-state index >= 15 is 0 Å². The highest BCUT2D eigenvalue weighted by Gasteiger charge is 2.29. The molecule has 1 fully saturated rings. The summed E-state index contributed by atoms with van der Waals surface area (Å²) < 4.78 is 13.0. The lowest BCUT2D eigenvalue weighted by Crippen LogP contribution is -2.39. The average molecular weight is 288 g/mol. The van der Waals surface area contributed by atoms with Gasteiger partial charge in [0.25, 0.3) is 0 Å². The van der Waals surface area contributed by atoms with Crippen LogP contribution in [0.5, 0.6) is 0 Å². The third-order valence-electron chi connectivity index (χ3n) is 3.92. The number of halogens is 1. The van der Waals surface area contributed by atoms with Crippen LogP contribution in [-0.4, -0.2) is 33.6 Å². The Morgan fingerprint density at radius 3 is 2.90 bits per heavy atom. The monoisotopic (exact) mass is 288 g/mol. The molecule has 1 atom stereocenters. The van der Waals surface area contributed by atoms with Gasteiger partial charge in [-0.25, -0.2) is 4.39 Å². The van der Waals surface area contributed by atoms with Gasteiger partial charge in [-0.1, -0.05) is 0 Å². The first-order chi connectivity index (χ1) is 10.1. The van der Waals surface area contributed by atoms with Crippen LogP contribution in [0.4, 0.5) is 4.39 Å². The topological polar surface area (TPSA) is 75.0 Å². The van der Waals surface area contributed by atoms with Crippen LogP contribution >= 0.6 is 0 Å². The fraction of sp³-hybridized carbons (Fsp3) is 0.333. The highest BCUT2D eigenvalue weighted by molar-refractivity contribution is 5.80. The van der Waals surface area contributed by atoms with Crippen LogP contribution in [0.3, 0.4) is 0 Å². The number of nitrogens with zero attached hydrogens (tertiary/aromatic N) is 2. The van der Waals surface area contributed by atoms with Crippen molar-refractivity contribution in [2.75, 3.05) is 6.54 Å². The summed E-state index contributed by atoms with van der Waals surface area (Å²) in [5, 5.41) is 7.02. The van der Waals surface area contributed by atoms with E-state index in [4.69, 9.17) is 5.73 Å². The molecule has 1 aliphatic rings. The van der Waals surface area contributed by atoms with E-state index in [2.05, 4.69) is 15.1 Å². The number of hydrogen-bond acceptors (Lipinski definition) is 3. The first-order valence-corrected chi connectivity index (χ1v) is 6.96. The number of H-pyrrole nitrogens is 1. The molecular weight excluding hydrogens is 271 g/mol. The maximum atomic E-state index is 13.0. The average Bonchev–Trinajstić information content (AvgIpc) is 3.09. The molecule has 6 heteroatoms. The van der Waals surface area contributed by atoms with Crippen molar-refractivity contribution < 1.29 is 9.18 Å². The van der Waals surface area contributed by atoms with Gasteiger partial charge in [0.2, 0.25) is 5.91 Å². The number of nitrogens with two attached hydrogens (primary N) is 1. The van der Waals surface area contributed by atoms with E-state index in [-0.39, 0.29) is 17.8 Å². The van der Waals surface area contributed by atoms with Gasteiger partial charge in [0.15, 0.2) is 0 Å². The van der Waals surface area contributed by atoms with E-state index in [0.717, 1.165) is 36.2 Å². The number of carbonyl (C=O) groups is 1. The van der Waals surface area contributed by atoms with E-state index in [1.54, 1.807) is 18.3 Å². The first kappa shape index (κ1) is 13.8. The normalized spacial score (nSPS) is 19.0. The Balaban J connectivity index is 1.83. The maximum absolute atomic E-state index is 13.0. The number of rotatable bonds is 4. The van der Waals surface area contributed by atoms with E-state index in [1.165, 1.54) is 12.1 Å². The second-order valence-electron chi connectivity index (χ2n) is 5.31. The fourth-order valence-electron chi connectivity index (χ4n) is 2.85. The van der Waals surface area contributed by atoms with Crippen LogP contribution in [-0.2, 0) is 11.3 Å². The van der Waals surface area contributed by atoms with Gasteiger partial charge in [-0.05, 0) is 43.7 Å². The number of nitrogens with one attached hydrogen (secondary N) is 1. The highest BCUT2D eigenvalue weighted by atomic mass is 19.1. The van der Waals surface area contributed by atoms with Gasteiger partial charge in [-0.3, -0.25) is 14.8 Å². The number of benzene rings is 1. The number of amides is 1. The molecule has 110 valence electrons. The Morgan fingerprint density at radius 1 is 1.43 bits per heavy atom. The van der Waals surface area contributed by atoms with Gasteiger partial charge in [0.05, 0.1) is 17.9 Å². The second-order valence-corrected chi connectivity index (χ2v) is 5.31. The third-order valence-corrected chi connectivity index (χ3v) is 3.92. The number of carbonyl (C=O) groups excluding carboxylic acids is 1. The molecule has 1 aromatic heterocycles. The zero-order valence-electron chi connectivity index (χ0n) is 11.6. The molecular formula is C15H17FN4O. The molecule has 2 heterocycles. The predicted octanol–water partition coefficient (Wildman–Crippen LogP) is 1.67. The molecule has 0 aliphatic carbocycles. The van der Waals surface area contributed by atoms with Gasteiger partial charge in [-0.2, -0.15) is 5.10 Å². The molecule has 0 saturated carbocycles. The zero-order valence-corrected chi connectivity index (χ0v) is 11.6. The summed E-state index contributed by atoms with van der Waals surface area (Å²) in [6, 6.07) is 6.05. The standard InChI is InChI=1S/C15H17FN4O/c16-12-5-3-10(4-6-12)14-11(8-18-19-14)9-20-7-1-2-13(20)15(17)21/h3-6,8,13H,1-2,7,9H2,(H2,17,21)(H,18,19)/t13-/m0/s1. The van der Waals surface area contributed by atoms with Crippen LogP contribution < -0.4 is 5.73 Å². The van der Waals surface area contributed by atoms with Crippen molar-refractivity contribution in [3.05, 3.63) is 41.8 Å². The van der Waals surface area contributed by atoms with Crippen LogP contribution in [0, 0.1) is 5.82 Å². The van der Waals surface area contributed by atoms with E-state index in [9.17, 15) is 9.18 Å². The van der Waals surface area contributed by atoms with Crippen molar-refractivity contribution in [3.8, 4) is 11.3 Å². The number of likely N-dealkylation sites (tertiary alicyclic amines) is 1. The molecule has 0 spiro atoms. The minimum Gasteiger partial charge on any atom is -0.368 e. The van der Waals surface area contributed by atoms with Crippen LogP contribution in [0.2, 0.25) is 0 Å². The molecule has 5 nitrogen and oxygen atoms in total. The van der Waals surface area contributed by atoms with E-state index < -0.39 is 0 Å². The highest BCUT2D eigenvalue weighted by Crippen LogP contribution is 2.26. The lowest BCUT2D eigenvalue weighted by molar-refractivity contribution is -0.122. The van der Waals surface area contributed by atoms with Crippen LogP contribution in [0.15, 0.2) is 30.5 Å². The first-order valence-electron chi connectivity index (χ1n) is 6.96. The quantitative estimate of drug-likeness (QED) is 0.898. The summed E-state index contributed by atoms with van der Waals surface area (Å²) in [4.78, 5) is 13.5. The van der Waals surface area contributed by atoms with Crippen molar-refractivity contribution in [3.63, 3.8) is 0 Å². The van der Waals surface area contributed by atoms with Crippen LogP contribution in [0.1, 0.15) is 18.4 Å². The van der Waals surface area contributed by atoms with Gasteiger partial charge in [0, 0.05) is 17.7 Å².